The largest absolute Gasteiger partial charge is 0.492 e. The average Bonchev–Trinajstić information content (AvgIpc) is 2.27. The molecule has 0 saturated heterocycles. The molecule has 0 radical (unpaired) electrons. The Morgan fingerprint density at radius 3 is 2.62 bits per heavy atom. The molecule has 0 aliphatic heterocycles. The molecule has 1 rings (SSSR count). The van der Waals surface area contributed by atoms with Crippen molar-refractivity contribution in [2.45, 2.75) is 26.2 Å². The molecule has 2 nitrogen and oxygen atoms in total. The highest BCUT2D eigenvalue weighted by Crippen LogP contribution is 2.19. The van der Waals surface area contributed by atoms with Crippen LogP contribution in [0, 0.1) is 0 Å². The number of benzene rings is 1. The van der Waals surface area contributed by atoms with Gasteiger partial charge in [-0.15, -0.1) is 0 Å². The van der Waals surface area contributed by atoms with E-state index in [-0.39, 0.29) is 0 Å². The summed E-state index contributed by atoms with van der Waals surface area (Å²) in [5, 5.41) is 0. The smallest absolute Gasteiger partial charge is 0.122 e. The molecule has 0 unspecified atom stereocenters. The Bertz CT molecular complexity index is 297. The maximum atomic E-state index is 5.80. The topological polar surface area (TPSA) is 12.5 Å². The van der Waals surface area contributed by atoms with Gasteiger partial charge in [0.05, 0.1) is 0 Å². The van der Waals surface area contributed by atoms with E-state index in [1.807, 2.05) is 6.07 Å². The molecule has 0 atom stereocenters. The van der Waals surface area contributed by atoms with Crippen LogP contribution < -0.4 is 4.74 Å². The molecule has 0 aliphatic rings. The molecule has 0 fully saturated rings. The fraction of sp³-hybridized carbons (Fsp3) is 0.571. The monoisotopic (exact) mass is 221 g/mol. The average molecular weight is 221 g/mol. The molecular formula is C14H23NO. The van der Waals surface area contributed by atoms with E-state index in [9.17, 15) is 0 Å². The summed E-state index contributed by atoms with van der Waals surface area (Å²) in [6.45, 7) is 3.94. The van der Waals surface area contributed by atoms with Gasteiger partial charge in [0, 0.05) is 6.54 Å². The van der Waals surface area contributed by atoms with E-state index < -0.39 is 0 Å². The first-order valence-electron chi connectivity index (χ1n) is 6.09. The first-order chi connectivity index (χ1) is 7.74. The van der Waals surface area contributed by atoms with E-state index >= 15 is 0 Å². The summed E-state index contributed by atoms with van der Waals surface area (Å²) in [6, 6.07) is 8.37. The van der Waals surface area contributed by atoms with Gasteiger partial charge in [0.25, 0.3) is 0 Å². The van der Waals surface area contributed by atoms with Crippen molar-refractivity contribution >= 4 is 0 Å². The third-order valence-corrected chi connectivity index (χ3v) is 2.57. The molecule has 1 aromatic carbocycles. The van der Waals surface area contributed by atoms with Crippen molar-refractivity contribution in [2.24, 2.45) is 0 Å². The van der Waals surface area contributed by atoms with Crippen molar-refractivity contribution in [1.29, 1.82) is 0 Å². The van der Waals surface area contributed by atoms with Crippen LogP contribution >= 0.6 is 0 Å². The number of aryl methyl sites for hydroxylation is 1. The zero-order chi connectivity index (χ0) is 11.8. The van der Waals surface area contributed by atoms with Crippen molar-refractivity contribution < 1.29 is 4.74 Å². The van der Waals surface area contributed by atoms with Gasteiger partial charge in [-0.3, -0.25) is 0 Å². The Balaban J connectivity index is 2.49. The van der Waals surface area contributed by atoms with Crippen LogP contribution in [0.1, 0.15) is 25.3 Å². The fourth-order valence-corrected chi connectivity index (χ4v) is 1.56. The molecule has 0 N–H and O–H groups in total. The normalized spacial score (nSPS) is 10.8. The van der Waals surface area contributed by atoms with Gasteiger partial charge >= 0.3 is 0 Å². The maximum absolute atomic E-state index is 5.80. The zero-order valence-corrected chi connectivity index (χ0v) is 10.7. The number of hydrogen-bond acceptors (Lipinski definition) is 2. The molecule has 2 heteroatoms. The molecule has 0 aromatic heterocycles. The highest BCUT2D eigenvalue weighted by atomic mass is 16.5. The Hall–Kier alpha value is -1.02. The molecule has 0 saturated carbocycles. The number of rotatable bonds is 7. The highest BCUT2D eigenvalue weighted by Gasteiger charge is 2.02. The zero-order valence-electron chi connectivity index (χ0n) is 10.7. The predicted octanol–water partition coefficient (Wildman–Crippen LogP) is 2.97. The molecule has 0 bridgehead atoms. The van der Waals surface area contributed by atoms with Crippen molar-refractivity contribution in [3.8, 4) is 5.75 Å². The molecule has 0 aliphatic carbocycles. The van der Waals surface area contributed by atoms with Crippen LogP contribution in [0.15, 0.2) is 24.3 Å². The van der Waals surface area contributed by atoms with Gasteiger partial charge in [-0.25, -0.2) is 0 Å². The van der Waals surface area contributed by atoms with Crippen LogP contribution in [0.5, 0.6) is 5.75 Å². The van der Waals surface area contributed by atoms with Gasteiger partial charge in [-0.05, 0) is 38.6 Å². The minimum Gasteiger partial charge on any atom is -0.492 e. The summed E-state index contributed by atoms with van der Waals surface area (Å²) in [5.74, 6) is 1.05. The first-order valence-corrected chi connectivity index (χ1v) is 6.09. The van der Waals surface area contributed by atoms with Crippen LogP contribution in [-0.4, -0.2) is 32.1 Å². The SMILES string of the molecule is CCCCc1ccccc1OCCN(C)C. The van der Waals surface area contributed by atoms with Crippen LogP contribution in [0.4, 0.5) is 0 Å². The third kappa shape index (κ3) is 4.67. The lowest BCUT2D eigenvalue weighted by atomic mass is 10.1. The number of likely N-dealkylation sites (N-methyl/N-ethyl adjacent to an activating group) is 1. The van der Waals surface area contributed by atoms with Gasteiger partial charge in [-0.2, -0.15) is 0 Å². The Morgan fingerprint density at radius 2 is 1.94 bits per heavy atom. The van der Waals surface area contributed by atoms with Crippen molar-refractivity contribution in [3.05, 3.63) is 29.8 Å². The van der Waals surface area contributed by atoms with E-state index in [4.69, 9.17) is 4.74 Å². The van der Waals surface area contributed by atoms with Gasteiger partial charge in [-0.1, -0.05) is 31.5 Å². The van der Waals surface area contributed by atoms with Crippen LogP contribution in [0.3, 0.4) is 0 Å². The molecule has 1 aromatic rings. The number of para-hydroxylation sites is 1. The summed E-state index contributed by atoms with van der Waals surface area (Å²) in [6.07, 6.45) is 3.58. The molecule has 0 heterocycles. The lowest BCUT2D eigenvalue weighted by Crippen LogP contribution is -2.19. The molecule has 16 heavy (non-hydrogen) atoms. The quantitative estimate of drug-likeness (QED) is 0.702. The van der Waals surface area contributed by atoms with Crippen molar-refractivity contribution in [2.75, 3.05) is 27.2 Å². The molecule has 0 amide bonds. The standard InChI is InChI=1S/C14H23NO/c1-4-5-8-13-9-6-7-10-14(13)16-12-11-15(2)3/h6-7,9-10H,4-5,8,11-12H2,1-3H3. The minimum atomic E-state index is 0.760. The second-order valence-electron chi connectivity index (χ2n) is 4.36. The van der Waals surface area contributed by atoms with Crippen molar-refractivity contribution in [3.63, 3.8) is 0 Å². The second-order valence-corrected chi connectivity index (χ2v) is 4.36. The Kier molecular flexibility index (Phi) is 5.94. The maximum Gasteiger partial charge on any atom is 0.122 e. The van der Waals surface area contributed by atoms with Crippen LogP contribution in [0.2, 0.25) is 0 Å². The van der Waals surface area contributed by atoms with E-state index in [1.54, 1.807) is 0 Å². The fourth-order valence-electron chi connectivity index (χ4n) is 1.56. The number of nitrogens with zero attached hydrogens (tertiary/aromatic N) is 1. The first kappa shape index (κ1) is 13.0. The lowest BCUT2D eigenvalue weighted by molar-refractivity contribution is 0.259. The van der Waals surface area contributed by atoms with Crippen LogP contribution in [-0.2, 0) is 6.42 Å². The summed E-state index contributed by atoms with van der Waals surface area (Å²) in [5.41, 5.74) is 1.34. The highest BCUT2D eigenvalue weighted by molar-refractivity contribution is 5.33. The Labute approximate surface area is 99.2 Å². The van der Waals surface area contributed by atoms with E-state index in [2.05, 4.69) is 44.1 Å². The molecule has 90 valence electrons. The summed E-state index contributed by atoms with van der Waals surface area (Å²) in [4.78, 5) is 2.13. The number of hydrogen-bond donors (Lipinski definition) is 0. The van der Waals surface area contributed by atoms with E-state index in [0.29, 0.717) is 0 Å². The van der Waals surface area contributed by atoms with Gasteiger partial charge < -0.3 is 9.64 Å². The summed E-state index contributed by atoms with van der Waals surface area (Å²) in [7, 11) is 4.12. The lowest BCUT2D eigenvalue weighted by Gasteiger charge is -2.13. The van der Waals surface area contributed by atoms with Gasteiger partial charge in [0.1, 0.15) is 12.4 Å². The Morgan fingerprint density at radius 1 is 1.19 bits per heavy atom. The number of unbranched alkanes of at least 4 members (excludes halogenated alkanes) is 1. The molecule has 0 spiro atoms. The minimum absolute atomic E-state index is 0.760. The van der Waals surface area contributed by atoms with Crippen LogP contribution in [0.25, 0.3) is 0 Å². The second kappa shape index (κ2) is 7.29. The summed E-state index contributed by atoms with van der Waals surface area (Å²) >= 11 is 0. The summed E-state index contributed by atoms with van der Waals surface area (Å²) < 4.78 is 5.80. The molecular weight excluding hydrogens is 198 g/mol. The predicted molar refractivity (Wildman–Crippen MR) is 69.1 cm³/mol. The van der Waals surface area contributed by atoms with E-state index in [0.717, 1.165) is 25.3 Å². The van der Waals surface area contributed by atoms with Gasteiger partial charge in [0.15, 0.2) is 0 Å². The van der Waals surface area contributed by atoms with E-state index in [1.165, 1.54) is 18.4 Å². The van der Waals surface area contributed by atoms with Gasteiger partial charge in [0.2, 0.25) is 0 Å². The third-order valence-electron chi connectivity index (χ3n) is 2.57. The number of ether oxygens (including phenoxy) is 1. The van der Waals surface area contributed by atoms with Crippen molar-refractivity contribution in [1.82, 2.24) is 4.90 Å².